The number of rotatable bonds is 4. The molecule has 0 saturated heterocycles. The van der Waals surface area contributed by atoms with Crippen LogP contribution >= 0.6 is 0 Å². The van der Waals surface area contributed by atoms with Crippen LogP contribution < -0.4 is 0 Å². The zero-order chi connectivity index (χ0) is 30.5. The molecule has 0 N–H and O–H groups in total. The maximum atomic E-state index is 2.36. The Hall–Kier alpha value is -5.98. The van der Waals surface area contributed by atoms with E-state index in [-0.39, 0.29) is 0 Å². The highest BCUT2D eigenvalue weighted by Gasteiger charge is 2.13. The summed E-state index contributed by atoms with van der Waals surface area (Å²) in [4.78, 5) is 0. The van der Waals surface area contributed by atoms with Crippen LogP contribution in [-0.2, 0) is 0 Å². The molecule has 0 saturated carbocycles. The third kappa shape index (κ3) is 4.55. The Balaban J connectivity index is 1.15. The van der Waals surface area contributed by atoms with Crippen LogP contribution in [0.1, 0.15) is 0 Å². The Labute approximate surface area is 268 Å². The molecule has 0 aliphatic heterocycles. The van der Waals surface area contributed by atoms with E-state index in [1.807, 2.05) is 0 Å². The fraction of sp³-hybridized carbons (Fsp3) is 0. The number of hydrogen-bond donors (Lipinski definition) is 0. The van der Waals surface area contributed by atoms with Crippen LogP contribution in [0.5, 0.6) is 0 Å². The molecule has 9 aromatic rings. The summed E-state index contributed by atoms with van der Waals surface area (Å²) in [5, 5.41) is 10.1. The van der Waals surface area contributed by atoms with E-state index >= 15 is 0 Å². The molecule has 0 atom stereocenters. The van der Waals surface area contributed by atoms with Crippen molar-refractivity contribution in [1.82, 2.24) is 0 Å². The molecule has 46 heavy (non-hydrogen) atoms. The van der Waals surface area contributed by atoms with Gasteiger partial charge < -0.3 is 0 Å². The smallest absolute Gasteiger partial charge is 0.00988 e. The number of benzene rings is 9. The van der Waals surface area contributed by atoms with Gasteiger partial charge in [0.05, 0.1) is 0 Å². The van der Waals surface area contributed by atoms with Crippen LogP contribution in [-0.4, -0.2) is 0 Å². The molecule has 0 radical (unpaired) electrons. The quantitative estimate of drug-likeness (QED) is 0.181. The summed E-state index contributed by atoms with van der Waals surface area (Å²) in [5.41, 5.74) is 9.96. The molecule has 9 aromatic carbocycles. The van der Waals surface area contributed by atoms with Gasteiger partial charge in [0.15, 0.2) is 0 Å². The first kappa shape index (κ1) is 26.4. The molecule has 0 amide bonds. The molecule has 0 spiro atoms. The minimum Gasteiger partial charge on any atom is -0.0622 e. The van der Waals surface area contributed by atoms with Gasteiger partial charge in [0.25, 0.3) is 0 Å². The van der Waals surface area contributed by atoms with Crippen molar-refractivity contribution >= 4 is 43.1 Å². The van der Waals surface area contributed by atoms with Crippen LogP contribution in [0.15, 0.2) is 182 Å². The molecule has 0 aliphatic carbocycles. The summed E-state index contributed by atoms with van der Waals surface area (Å²) in [7, 11) is 0. The highest BCUT2D eigenvalue weighted by atomic mass is 14.2. The Morgan fingerprint density at radius 1 is 0.196 bits per heavy atom. The average molecular weight is 583 g/mol. The molecule has 0 heterocycles. The van der Waals surface area contributed by atoms with Crippen molar-refractivity contribution in [2.24, 2.45) is 0 Å². The largest absolute Gasteiger partial charge is 0.0622 e. The standard InChI is InChI=1S/C46H30/c1-2-11-32(12-3-1)45-29-34-14-6-7-15-35(34)30-46(45)40-23-25-44-38(28-40)21-20-37-27-39(22-24-43(37)44)42-17-9-8-16-41(42)36-19-18-31-10-4-5-13-33(31)26-36/h1-30H. The van der Waals surface area contributed by atoms with Gasteiger partial charge >= 0.3 is 0 Å². The lowest BCUT2D eigenvalue weighted by Gasteiger charge is -2.15. The predicted molar refractivity (Wildman–Crippen MR) is 198 cm³/mol. The predicted octanol–water partition coefficient (Wildman–Crippen LogP) is 13.0. The molecule has 0 nitrogen and oxygen atoms in total. The Kier molecular flexibility index (Phi) is 6.25. The van der Waals surface area contributed by atoms with Crippen molar-refractivity contribution in [3.05, 3.63) is 182 Å². The zero-order valence-corrected chi connectivity index (χ0v) is 25.3. The maximum Gasteiger partial charge on any atom is -0.00988 e. The van der Waals surface area contributed by atoms with Gasteiger partial charge in [-0.2, -0.15) is 0 Å². The van der Waals surface area contributed by atoms with E-state index in [2.05, 4.69) is 182 Å². The minimum absolute atomic E-state index is 1.23. The number of hydrogen-bond acceptors (Lipinski definition) is 0. The lowest BCUT2D eigenvalue weighted by atomic mass is 9.89. The van der Waals surface area contributed by atoms with Crippen molar-refractivity contribution in [3.8, 4) is 44.5 Å². The van der Waals surface area contributed by atoms with Crippen LogP contribution in [0.2, 0.25) is 0 Å². The first-order valence-corrected chi connectivity index (χ1v) is 15.9. The van der Waals surface area contributed by atoms with Crippen LogP contribution in [0, 0.1) is 0 Å². The highest BCUT2D eigenvalue weighted by molar-refractivity contribution is 6.10. The van der Waals surface area contributed by atoms with Gasteiger partial charge in [-0.05, 0) is 118 Å². The van der Waals surface area contributed by atoms with Crippen molar-refractivity contribution in [2.75, 3.05) is 0 Å². The van der Waals surface area contributed by atoms with Crippen molar-refractivity contribution < 1.29 is 0 Å². The Bertz CT molecular complexity index is 2570. The number of fused-ring (bicyclic) bond motifs is 5. The van der Waals surface area contributed by atoms with Gasteiger partial charge in [0.2, 0.25) is 0 Å². The molecule has 0 heteroatoms. The van der Waals surface area contributed by atoms with Gasteiger partial charge in [0.1, 0.15) is 0 Å². The van der Waals surface area contributed by atoms with E-state index in [9.17, 15) is 0 Å². The summed E-state index contributed by atoms with van der Waals surface area (Å²) >= 11 is 0. The molecule has 0 bridgehead atoms. The first-order chi connectivity index (χ1) is 22.8. The van der Waals surface area contributed by atoms with Gasteiger partial charge in [-0.1, -0.05) is 152 Å². The summed E-state index contributed by atoms with van der Waals surface area (Å²) in [6, 6.07) is 66.6. The van der Waals surface area contributed by atoms with Crippen molar-refractivity contribution in [2.45, 2.75) is 0 Å². The van der Waals surface area contributed by atoms with Crippen molar-refractivity contribution in [3.63, 3.8) is 0 Å². The van der Waals surface area contributed by atoms with E-state index in [0.29, 0.717) is 0 Å². The maximum absolute atomic E-state index is 2.36. The molecule has 0 unspecified atom stereocenters. The SMILES string of the molecule is c1ccc(-c2cc3ccccc3cc2-c2ccc3c(ccc4cc(-c5ccccc5-c5ccc6ccccc6c5)ccc43)c2)cc1. The lowest BCUT2D eigenvalue weighted by Crippen LogP contribution is -1.88. The molecule has 214 valence electrons. The fourth-order valence-corrected chi connectivity index (χ4v) is 7.09. The Morgan fingerprint density at radius 2 is 0.587 bits per heavy atom. The third-order valence-electron chi connectivity index (χ3n) is 9.42. The van der Waals surface area contributed by atoms with E-state index in [4.69, 9.17) is 0 Å². The third-order valence-corrected chi connectivity index (χ3v) is 9.42. The summed E-state index contributed by atoms with van der Waals surface area (Å²) < 4.78 is 0. The molecular formula is C46H30. The fourth-order valence-electron chi connectivity index (χ4n) is 7.09. The van der Waals surface area contributed by atoms with Gasteiger partial charge in [0, 0.05) is 0 Å². The average Bonchev–Trinajstić information content (AvgIpc) is 3.14. The topological polar surface area (TPSA) is 0 Å². The molecule has 0 aromatic heterocycles. The molecule has 0 aliphatic rings. The first-order valence-electron chi connectivity index (χ1n) is 15.9. The van der Waals surface area contributed by atoms with Gasteiger partial charge in [-0.15, -0.1) is 0 Å². The van der Waals surface area contributed by atoms with E-state index in [1.54, 1.807) is 0 Å². The lowest BCUT2D eigenvalue weighted by molar-refractivity contribution is 1.61. The van der Waals surface area contributed by atoms with Crippen LogP contribution in [0.25, 0.3) is 87.6 Å². The zero-order valence-electron chi connectivity index (χ0n) is 25.3. The second-order valence-electron chi connectivity index (χ2n) is 12.2. The monoisotopic (exact) mass is 582 g/mol. The Morgan fingerprint density at radius 3 is 1.17 bits per heavy atom. The highest BCUT2D eigenvalue weighted by Crippen LogP contribution is 2.39. The van der Waals surface area contributed by atoms with Crippen molar-refractivity contribution in [1.29, 1.82) is 0 Å². The molecular weight excluding hydrogens is 553 g/mol. The summed E-state index contributed by atoms with van der Waals surface area (Å²) in [6.07, 6.45) is 0. The normalized spacial score (nSPS) is 11.5. The summed E-state index contributed by atoms with van der Waals surface area (Å²) in [6.45, 7) is 0. The minimum atomic E-state index is 1.23. The van der Waals surface area contributed by atoms with E-state index < -0.39 is 0 Å². The van der Waals surface area contributed by atoms with E-state index in [1.165, 1.54) is 87.6 Å². The van der Waals surface area contributed by atoms with Crippen LogP contribution in [0.4, 0.5) is 0 Å². The van der Waals surface area contributed by atoms with Crippen LogP contribution in [0.3, 0.4) is 0 Å². The van der Waals surface area contributed by atoms with E-state index in [0.717, 1.165) is 0 Å². The van der Waals surface area contributed by atoms with Gasteiger partial charge in [-0.3, -0.25) is 0 Å². The summed E-state index contributed by atoms with van der Waals surface area (Å²) in [5.74, 6) is 0. The second-order valence-corrected chi connectivity index (χ2v) is 12.2. The van der Waals surface area contributed by atoms with Gasteiger partial charge in [-0.25, -0.2) is 0 Å². The molecule has 0 fully saturated rings. The second kappa shape index (κ2) is 10.9. The molecule has 9 rings (SSSR count).